The third-order valence-corrected chi connectivity index (χ3v) is 5.49. The van der Waals surface area contributed by atoms with Gasteiger partial charge >= 0.3 is 0 Å². The molecule has 3 aromatic carbocycles. The Kier molecular flexibility index (Phi) is 5.11. The van der Waals surface area contributed by atoms with Gasteiger partial charge in [0, 0.05) is 30.0 Å². The Labute approximate surface area is 165 Å². The van der Waals surface area contributed by atoms with E-state index in [9.17, 15) is 9.59 Å². The van der Waals surface area contributed by atoms with Crippen molar-refractivity contribution in [1.29, 1.82) is 0 Å². The molecule has 1 heterocycles. The fourth-order valence-electron chi connectivity index (χ4n) is 4.00. The van der Waals surface area contributed by atoms with E-state index in [4.69, 9.17) is 0 Å². The van der Waals surface area contributed by atoms with E-state index in [1.807, 2.05) is 66.4 Å². The summed E-state index contributed by atoms with van der Waals surface area (Å²) in [6, 6.07) is 22.0. The molecule has 0 aliphatic carbocycles. The van der Waals surface area contributed by atoms with E-state index in [1.54, 1.807) is 0 Å². The quantitative estimate of drug-likeness (QED) is 0.700. The SMILES string of the molecule is CCN(C(=O)CCC1Cc2ccccc2NC1=O)c1cccc2ccccc12. The average Bonchev–Trinajstić information content (AvgIpc) is 2.73. The fourth-order valence-corrected chi connectivity index (χ4v) is 4.00. The van der Waals surface area contributed by atoms with Crippen LogP contribution in [0.25, 0.3) is 10.8 Å². The summed E-state index contributed by atoms with van der Waals surface area (Å²) in [5.41, 5.74) is 2.96. The molecule has 0 aromatic heterocycles. The van der Waals surface area contributed by atoms with Gasteiger partial charge in [-0.05, 0) is 42.8 Å². The van der Waals surface area contributed by atoms with Gasteiger partial charge < -0.3 is 10.2 Å². The Morgan fingerprint density at radius 3 is 2.64 bits per heavy atom. The summed E-state index contributed by atoms with van der Waals surface area (Å²) in [6.07, 6.45) is 1.60. The molecule has 0 bridgehead atoms. The second kappa shape index (κ2) is 7.85. The monoisotopic (exact) mass is 372 g/mol. The van der Waals surface area contributed by atoms with Crippen molar-refractivity contribution in [2.24, 2.45) is 5.92 Å². The van der Waals surface area contributed by atoms with Crippen LogP contribution in [-0.4, -0.2) is 18.4 Å². The third-order valence-electron chi connectivity index (χ3n) is 5.49. The van der Waals surface area contributed by atoms with E-state index >= 15 is 0 Å². The van der Waals surface area contributed by atoms with E-state index in [0.29, 0.717) is 25.8 Å². The van der Waals surface area contributed by atoms with Gasteiger partial charge in [-0.3, -0.25) is 9.59 Å². The van der Waals surface area contributed by atoms with Crippen molar-refractivity contribution in [1.82, 2.24) is 0 Å². The lowest BCUT2D eigenvalue weighted by Crippen LogP contribution is -2.34. The molecule has 2 amide bonds. The number of rotatable bonds is 5. The molecule has 0 spiro atoms. The molecule has 1 unspecified atom stereocenters. The molecule has 1 atom stereocenters. The number of para-hydroxylation sites is 1. The highest BCUT2D eigenvalue weighted by atomic mass is 16.2. The zero-order chi connectivity index (χ0) is 19.5. The molecule has 3 aromatic rings. The van der Waals surface area contributed by atoms with Crippen molar-refractivity contribution in [2.45, 2.75) is 26.2 Å². The minimum atomic E-state index is -0.162. The van der Waals surface area contributed by atoms with Crippen LogP contribution in [0.5, 0.6) is 0 Å². The van der Waals surface area contributed by atoms with Gasteiger partial charge in [-0.25, -0.2) is 0 Å². The van der Waals surface area contributed by atoms with Crippen molar-refractivity contribution in [3.63, 3.8) is 0 Å². The van der Waals surface area contributed by atoms with E-state index < -0.39 is 0 Å². The normalized spacial score (nSPS) is 15.8. The fraction of sp³-hybridized carbons (Fsp3) is 0.250. The maximum absolute atomic E-state index is 13.0. The first-order chi connectivity index (χ1) is 13.7. The van der Waals surface area contributed by atoms with Crippen LogP contribution >= 0.6 is 0 Å². The average molecular weight is 372 g/mol. The van der Waals surface area contributed by atoms with Gasteiger partial charge in [0.25, 0.3) is 0 Å². The predicted octanol–water partition coefficient (Wildman–Crippen LogP) is 4.78. The lowest BCUT2D eigenvalue weighted by molar-refractivity contribution is -0.121. The largest absolute Gasteiger partial charge is 0.326 e. The van der Waals surface area contributed by atoms with E-state index in [2.05, 4.69) is 17.4 Å². The van der Waals surface area contributed by atoms with Crippen LogP contribution in [0.4, 0.5) is 11.4 Å². The Bertz CT molecular complexity index is 1020. The van der Waals surface area contributed by atoms with Crippen LogP contribution in [0, 0.1) is 5.92 Å². The van der Waals surface area contributed by atoms with Gasteiger partial charge in [-0.15, -0.1) is 0 Å². The molecule has 142 valence electrons. The number of nitrogens with zero attached hydrogens (tertiary/aromatic N) is 1. The molecule has 4 rings (SSSR count). The van der Waals surface area contributed by atoms with Gasteiger partial charge in [-0.2, -0.15) is 0 Å². The van der Waals surface area contributed by atoms with Crippen LogP contribution < -0.4 is 10.2 Å². The lowest BCUT2D eigenvalue weighted by atomic mass is 9.89. The van der Waals surface area contributed by atoms with Gasteiger partial charge in [0.15, 0.2) is 0 Å². The van der Waals surface area contributed by atoms with Gasteiger partial charge in [0.05, 0.1) is 5.69 Å². The standard InChI is InChI=1S/C24H24N2O2/c1-2-26(22-13-7-10-17-8-3-5-11-20(17)22)23(27)15-14-19-16-18-9-4-6-12-21(18)25-24(19)28/h3-13,19H,2,14-16H2,1H3,(H,25,28). The molecule has 4 nitrogen and oxygen atoms in total. The Hall–Kier alpha value is -3.14. The summed E-state index contributed by atoms with van der Waals surface area (Å²) in [6.45, 7) is 2.59. The minimum absolute atomic E-state index is 0.0136. The Morgan fingerprint density at radius 2 is 1.79 bits per heavy atom. The third kappa shape index (κ3) is 3.50. The van der Waals surface area contributed by atoms with Crippen LogP contribution in [-0.2, 0) is 16.0 Å². The highest BCUT2D eigenvalue weighted by molar-refractivity contribution is 6.04. The van der Waals surface area contributed by atoms with Crippen LogP contribution in [0.1, 0.15) is 25.3 Å². The molecule has 1 aliphatic rings. The number of anilines is 2. The lowest BCUT2D eigenvalue weighted by Gasteiger charge is -2.26. The highest BCUT2D eigenvalue weighted by Crippen LogP contribution is 2.30. The molecule has 1 aliphatic heterocycles. The number of hydrogen-bond donors (Lipinski definition) is 1. The Morgan fingerprint density at radius 1 is 1.04 bits per heavy atom. The summed E-state index contributed by atoms with van der Waals surface area (Å²) in [7, 11) is 0. The number of nitrogens with one attached hydrogen (secondary N) is 1. The van der Waals surface area contributed by atoms with Crippen LogP contribution in [0.3, 0.4) is 0 Å². The number of benzene rings is 3. The van der Waals surface area contributed by atoms with Crippen molar-refractivity contribution in [3.8, 4) is 0 Å². The molecule has 0 radical (unpaired) electrons. The molecule has 0 saturated carbocycles. The number of carbonyl (C=O) groups is 2. The van der Waals surface area contributed by atoms with Crippen molar-refractivity contribution in [2.75, 3.05) is 16.8 Å². The molecule has 1 N–H and O–H groups in total. The zero-order valence-electron chi connectivity index (χ0n) is 16.0. The zero-order valence-corrected chi connectivity index (χ0v) is 16.0. The highest BCUT2D eigenvalue weighted by Gasteiger charge is 2.27. The van der Waals surface area contributed by atoms with E-state index in [1.165, 1.54) is 0 Å². The molecule has 4 heteroatoms. The van der Waals surface area contributed by atoms with Crippen molar-refractivity contribution < 1.29 is 9.59 Å². The molecule has 28 heavy (non-hydrogen) atoms. The molecular weight excluding hydrogens is 348 g/mol. The number of fused-ring (bicyclic) bond motifs is 2. The summed E-state index contributed by atoms with van der Waals surface area (Å²) < 4.78 is 0. The summed E-state index contributed by atoms with van der Waals surface area (Å²) in [4.78, 5) is 27.3. The van der Waals surface area contributed by atoms with E-state index in [0.717, 1.165) is 27.7 Å². The number of hydrogen-bond acceptors (Lipinski definition) is 2. The first-order valence-corrected chi connectivity index (χ1v) is 9.84. The van der Waals surface area contributed by atoms with Crippen LogP contribution in [0.15, 0.2) is 66.7 Å². The number of amides is 2. The maximum atomic E-state index is 13.0. The number of carbonyl (C=O) groups excluding carboxylic acids is 2. The topological polar surface area (TPSA) is 49.4 Å². The first kappa shape index (κ1) is 18.2. The summed E-state index contributed by atoms with van der Waals surface area (Å²) in [5.74, 6) is -0.0877. The smallest absolute Gasteiger partial charge is 0.227 e. The molecule has 0 saturated heterocycles. The van der Waals surface area contributed by atoms with Gasteiger partial charge in [0.2, 0.25) is 11.8 Å². The van der Waals surface area contributed by atoms with E-state index in [-0.39, 0.29) is 17.7 Å². The Balaban J connectivity index is 1.49. The van der Waals surface area contributed by atoms with Crippen LogP contribution in [0.2, 0.25) is 0 Å². The second-order valence-corrected chi connectivity index (χ2v) is 7.22. The second-order valence-electron chi connectivity index (χ2n) is 7.22. The predicted molar refractivity (Wildman–Crippen MR) is 113 cm³/mol. The minimum Gasteiger partial charge on any atom is -0.326 e. The van der Waals surface area contributed by atoms with Gasteiger partial charge in [0.1, 0.15) is 0 Å². The maximum Gasteiger partial charge on any atom is 0.227 e. The molecular formula is C24H24N2O2. The summed E-state index contributed by atoms with van der Waals surface area (Å²) in [5, 5.41) is 5.16. The van der Waals surface area contributed by atoms with Crippen molar-refractivity contribution in [3.05, 3.63) is 72.3 Å². The summed E-state index contributed by atoms with van der Waals surface area (Å²) >= 11 is 0. The molecule has 0 fully saturated rings. The van der Waals surface area contributed by atoms with Crippen molar-refractivity contribution >= 4 is 34.0 Å². The van der Waals surface area contributed by atoms with Gasteiger partial charge in [-0.1, -0.05) is 54.6 Å². The first-order valence-electron chi connectivity index (χ1n) is 9.84.